The molecule has 9 heteroatoms. The monoisotopic (exact) mass is 500 g/mol. The first kappa shape index (κ1) is 27.1. The second-order valence-corrected chi connectivity index (χ2v) is 9.86. The van der Waals surface area contributed by atoms with Gasteiger partial charge < -0.3 is 25.4 Å². The lowest BCUT2D eigenvalue weighted by molar-refractivity contribution is 0.0489. The molecule has 2 aliphatic carbocycles. The molecular formula is C27H34F2N4O3. The number of aromatic nitrogens is 1. The van der Waals surface area contributed by atoms with Crippen LogP contribution in [0.5, 0.6) is 5.88 Å². The lowest BCUT2D eigenvalue weighted by Gasteiger charge is -2.31. The van der Waals surface area contributed by atoms with Crippen LogP contribution in [0.25, 0.3) is 0 Å². The van der Waals surface area contributed by atoms with E-state index in [1.54, 1.807) is 26.8 Å². The number of nitrogens with one attached hydrogen (secondary N) is 3. The normalized spacial score (nSPS) is 17.6. The second-order valence-electron chi connectivity index (χ2n) is 9.86. The Labute approximate surface area is 211 Å². The van der Waals surface area contributed by atoms with Crippen LogP contribution in [0.3, 0.4) is 0 Å². The minimum Gasteiger partial charge on any atom is -0.479 e. The van der Waals surface area contributed by atoms with E-state index < -0.39 is 23.3 Å². The van der Waals surface area contributed by atoms with Gasteiger partial charge >= 0.3 is 6.09 Å². The number of anilines is 1. The number of ether oxygens (including phenoxy) is 2. The van der Waals surface area contributed by atoms with Gasteiger partial charge in [-0.1, -0.05) is 18.9 Å². The van der Waals surface area contributed by atoms with Gasteiger partial charge in [0.25, 0.3) is 0 Å². The van der Waals surface area contributed by atoms with E-state index in [4.69, 9.17) is 15.9 Å². The Morgan fingerprint density at radius 1 is 1.33 bits per heavy atom. The highest BCUT2D eigenvalue weighted by molar-refractivity contribution is 5.68. The van der Waals surface area contributed by atoms with Crippen LogP contribution in [-0.4, -0.2) is 35.9 Å². The maximum atomic E-state index is 15.3. The summed E-state index contributed by atoms with van der Waals surface area (Å²) >= 11 is 0. The van der Waals surface area contributed by atoms with Crippen LogP contribution < -0.4 is 20.7 Å². The molecule has 0 radical (unpaired) electrons. The van der Waals surface area contributed by atoms with Crippen LogP contribution in [0, 0.1) is 24.1 Å². The maximum absolute atomic E-state index is 15.3. The van der Waals surface area contributed by atoms with E-state index in [0.717, 1.165) is 12.8 Å². The number of terminal acetylenes is 1. The van der Waals surface area contributed by atoms with Crippen molar-refractivity contribution in [1.29, 1.82) is 0 Å². The molecule has 7 nitrogen and oxygen atoms in total. The third kappa shape index (κ3) is 7.23. The van der Waals surface area contributed by atoms with Gasteiger partial charge in [0.15, 0.2) is 5.82 Å². The van der Waals surface area contributed by atoms with Crippen LogP contribution in [0.2, 0.25) is 0 Å². The highest BCUT2D eigenvalue weighted by Crippen LogP contribution is 2.36. The van der Waals surface area contributed by atoms with Gasteiger partial charge in [-0.2, -0.15) is 0 Å². The van der Waals surface area contributed by atoms with Crippen molar-refractivity contribution in [2.75, 3.05) is 12.4 Å². The Morgan fingerprint density at radius 3 is 2.61 bits per heavy atom. The van der Waals surface area contributed by atoms with Crippen LogP contribution in [0.15, 0.2) is 47.2 Å². The van der Waals surface area contributed by atoms with Crippen molar-refractivity contribution < 1.29 is 23.0 Å². The number of alkyl carbamates (subject to hydrolysis) is 1. The van der Waals surface area contributed by atoms with E-state index in [9.17, 15) is 9.18 Å². The van der Waals surface area contributed by atoms with Gasteiger partial charge in [-0.05, 0) is 52.0 Å². The van der Waals surface area contributed by atoms with Crippen molar-refractivity contribution in [3.8, 4) is 18.2 Å². The quantitative estimate of drug-likeness (QED) is 0.397. The Morgan fingerprint density at radius 2 is 2.06 bits per heavy atom. The highest BCUT2D eigenvalue weighted by Gasteiger charge is 2.38. The average molecular weight is 501 g/mol. The van der Waals surface area contributed by atoms with E-state index in [2.05, 4.69) is 26.9 Å². The lowest BCUT2D eigenvalue weighted by atomic mass is 10.00. The molecule has 0 bridgehead atoms. The van der Waals surface area contributed by atoms with Gasteiger partial charge in [0, 0.05) is 18.5 Å². The van der Waals surface area contributed by atoms with Crippen molar-refractivity contribution in [1.82, 2.24) is 15.6 Å². The molecule has 0 spiro atoms. The number of hydrogen-bond acceptors (Lipinski definition) is 6. The third-order valence-corrected chi connectivity index (χ3v) is 5.84. The SMILES string of the molecule is C#CC1=CC(F)=C(N[C@H](C2CC2)[C@H](CC)NC(=O)OC(C)(C)C)CC=C1Nc1cnc(OC)c(F)c1. The van der Waals surface area contributed by atoms with Crippen molar-refractivity contribution in [3.63, 3.8) is 0 Å². The van der Waals surface area contributed by atoms with Crippen molar-refractivity contribution in [3.05, 3.63) is 53.0 Å². The standard InChI is InChI=1S/C27H34F2N4O3/c1-7-16-13-19(28)23(12-11-22(16)31-18-14-20(29)25(35-6)30-15-18)32-24(17-9-10-17)21(8-2)33-26(34)36-27(3,4)5/h1,11,13-15,17,21,24,31-32H,8-10,12H2,2-6H3,(H,33,34)/t21-,24+/m0/s1. The molecule has 1 heterocycles. The maximum Gasteiger partial charge on any atom is 0.407 e. The summed E-state index contributed by atoms with van der Waals surface area (Å²) in [6.45, 7) is 7.38. The first-order chi connectivity index (χ1) is 17.0. The van der Waals surface area contributed by atoms with E-state index in [1.807, 2.05) is 6.92 Å². The molecule has 1 aromatic rings. The number of nitrogens with zero attached hydrogens (tertiary/aromatic N) is 1. The number of rotatable bonds is 9. The number of allylic oxidation sites excluding steroid dienone is 4. The van der Waals surface area contributed by atoms with Gasteiger partial charge in [0.1, 0.15) is 11.4 Å². The van der Waals surface area contributed by atoms with E-state index in [0.29, 0.717) is 29.4 Å². The number of pyridine rings is 1. The number of hydrogen-bond donors (Lipinski definition) is 3. The predicted octanol–water partition coefficient (Wildman–Crippen LogP) is 5.34. The fraction of sp³-hybridized carbons (Fsp3) is 0.481. The smallest absolute Gasteiger partial charge is 0.407 e. The molecule has 0 saturated heterocycles. The van der Waals surface area contributed by atoms with Gasteiger partial charge in [-0.25, -0.2) is 18.6 Å². The molecule has 0 aromatic carbocycles. The predicted molar refractivity (Wildman–Crippen MR) is 135 cm³/mol. The Kier molecular flexibility index (Phi) is 8.62. The lowest BCUT2D eigenvalue weighted by Crippen LogP contribution is -2.51. The van der Waals surface area contributed by atoms with Crippen LogP contribution in [0.1, 0.15) is 53.4 Å². The minimum absolute atomic E-state index is 0.126. The fourth-order valence-electron chi connectivity index (χ4n) is 3.98. The molecule has 1 amide bonds. The molecule has 2 aliphatic rings. The molecule has 1 saturated carbocycles. The average Bonchev–Trinajstić information content (AvgIpc) is 3.65. The summed E-state index contributed by atoms with van der Waals surface area (Å²) in [7, 11) is 1.33. The van der Waals surface area contributed by atoms with Crippen LogP contribution in [0.4, 0.5) is 19.3 Å². The Bertz CT molecular complexity index is 1110. The molecule has 2 atom stereocenters. The summed E-state index contributed by atoms with van der Waals surface area (Å²) in [6, 6.07) is 0.807. The van der Waals surface area contributed by atoms with Gasteiger partial charge in [0.2, 0.25) is 5.88 Å². The summed E-state index contributed by atoms with van der Waals surface area (Å²) < 4.78 is 39.7. The van der Waals surface area contributed by atoms with Gasteiger partial charge in [-0.15, -0.1) is 6.42 Å². The highest BCUT2D eigenvalue weighted by atomic mass is 19.1. The second kappa shape index (κ2) is 11.5. The topological polar surface area (TPSA) is 84.5 Å². The summed E-state index contributed by atoms with van der Waals surface area (Å²) in [4.78, 5) is 16.3. The molecule has 1 fully saturated rings. The fourth-order valence-corrected chi connectivity index (χ4v) is 3.98. The zero-order valence-corrected chi connectivity index (χ0v) is 21.4. The number of halogens is 2. The number of carbonyl (C=O) groups excluding carboxylic acids is 1. The van der Waals surface area contributed by atoms with E-state index in [1.165, 1.54) is 25.4 Å². The van der Waals surface area contributed by atoms with E-state index in [-0.39, 0.29) is 30.0 Å². The largest absolute Gasteiger partial charge is 0.479 e. The van der Waals surface area contributed by atoms with Gasteiger partial charge in [0.05, 0.1) is 42.0 Å². The van der Waals surface area contributed by atoms with Crippen LogP contribution in [-0.2, 0) is 4.74 Å². The molecule has 3 rings (SSSR count). The molecule has 0 aliphatic heterocycles. The molecule has 0 unspecified atom stereocenters. The molecular weight excluding hydrogens is 466 g/mol. The van der Waals surface area contributed by atoms with Crippen molar-refractivity contribution >= 4 is 11.8 Å². The van der Waals surface area contributed by atoms with Gasteiger partial charge in [-0.3, -0.25) is 0 Å². The summed E-state index contributed by atoms with van der Waals surface area (Å²) in [5, 5.41) is 9.31. The summed E-state index contributed by atoms with van der Waals surface area (Å²) in [5.74, 6) is 1.54. The van der Waals surface area contributed by atoms with Crippen LogP contribution >= 0.6 is 0 Å². The first-order valence-corrected chi connectivity index (χ1v) is 12.0. The van der Waals surface area contributed by atoms with Crippen molar-refractivity contribution in [2.45, 2.75) is 71.1 Å². The molecule has 3 N–H and O–H groups in total. The third-order valence-electron chi connectivity index (χ3n) is 5.84. The molecule has 194 valence electrons. The summed E-state index contributed by atoms with van der Waals surface area (Å²) in [5.41, 5.74) is 0.828. The Hall–Kier alpha value is -3.54. The zero-order valence-electron chi connectivity index (χ0n) is 21.4. The summed E-state index contributed by atoms with van der Waals surface area (Å²) in [6.07, 6.45) is 12.4. The molecule has 1 aromatic heterocycles. The molecule has 36 heavy (non-hydrogen) atoms. The van der Waals surface area contributed by atoms with E-state index >= 15 is 4.39 Å². The first-order valence-electron chi connectivity index (χ1n) is 12.0. The number of amides is 1. The zero-order chi connectivity index (χ0) is 26.5. The number of carbonyl (C=O) groups is 1. The Balaban J connectivity index is 1.78. The number of methoxy groups -OCH3 is 1. The minimum atomic E-state index is -0.634. The van der Waals surface area contributed by atoms with Crippen molar-refractivity contribution in [2.24, 2.45) is 5.92 Å².